The van der Waals surface area contributed by atoms with Gasteiger partial charge < -0.3 is 0 Å². The van der Waals surface area contributed by atoms with Crippen molar-refractivity contribution in [1.29, 1.82) is 0 Å². The van der Waals surface area contributed by atoms with Crippen LogP contribution in [-0.4, -0.2) is 12.6 Å². The van der Waals surface area contributed by atoms with Gasteiger partial charge in [-0.3, -0.25) is 4.99 Å². The van der Waals surface area contributed by atoms with Crippen LogP contribution < -0.4 is 0 Å². The van der Waals surface area contributed by atoms with E-state index in [4.69, 9.17) is 0 Å². The zero-order valence-corrected chi connectivity index (χ0v) is 8.56. The molecule has 0 N–H and O–H groups in total. The van der Waals surface area contributed by atoms with Crippen molar-refractivity contribution in [1.82, 2.24) is 0 Å². The molecule has 0 radical (unpaired) electrons. The molecule has 0 saturated carbocycles. The smallest absolute Gasteiger partial charge is 0.269 e. The second-order valence-electron chi connectivity index (χ2n) is 3.00. The maximum atomic E-state index is 13.2. The van der Waals surface area contributed by atoms with E-state index in [1.54, 1.807) is 6.92 Å². The lowest BCUT2D eigenvalue weighted by molar-refractivity contribution is 0.0146. The van der Waals surface area contributed by atoms with Gasteiger partial charge in [0.05, 0.1) is 5.92 Å². The molecule has 0 aliphatic heterocycles. The third kappa shape index (κ3) is 2.62. The minimum atomic E-state index is -2.95. The molecular weight excluding hydrogens is 184 g/mol. The number of halogens is 2. The van der Waals surface area contributed by atoms with Gasteiger partial charge >= 0.3 is 0 Å². The SMILES string of the molecule is C=C/C(=C(/C)N=C)C(C)C(F)(F)C=C. The summed E-state index contributed by atoms with van der Waals surface area (Å²) >= 11 is 0. The summed E-state index contributed by atoms with van der Waals surface area (Å²) in [6, 6.07) is 0. The Kier molecular flexibility index (Phi) is 4.41. The van der Waals surface area contributed by atoms with Crippen molar-refractivity contribution >= 4 is 6.72 Å². The molecule has 0 spiro atoms. The highest BCUT2D eigenvalue weighted by Crippen LogP contribution is 2.33. The average molecular weight is 199 g/mol. The molecule has 14 heavy (non-hydrogen) atoms. The van der Waals surface area contributed by atoms with Gasteiger partial charge in [0, 0.05) is 5.70 Å². The number of rotatable bonds is 5. The largest absolute Gasteiger partial charge is 0.272 e. The Balaban J connectivity index is 5.18. The summed E-state index contributed by atoms with van der Waals surface area (Å²) in [4.78, 5) is 3.62. The molecule has 0 aromatic carbocycles. The maximum Gasteiger partial charge on any atom is 0.272 e. The monoisotopic (exact) mass is 199 g/mol. The van der Waals surface area contributed by atoms with Crippen LogP contribution in [0, 0.1) is 5.92 Å². The molecule has 78 valence electrons. The van der Waals surface area contributed by atoms with Crippen LogP contribution in [0.1, 0.15) is 13.8 Å². The summed E-state index contributed by atoms with van der Waals surface area (Å²) in [5.74, 6) is -3.93. The van der Waals surface area contributed by atoms with Crippen molar-refractivity contribution in [2.75, 3.05) is 0 Å². The molecule has 0 aromatic rings. The molecule has 0 aliphatic rings. The van der Waals surface area contributed by atoms with Gasteiger partial charge in [-0.1, -0.05) is 26.2 Å². The first-order chi connectivity index (χ1) is 6.40. The first-order valence-electron chi connectivity index (χ1n) is 4.22. The first kappa shape index (κ1) is 12.8. The van der Waals surface area contributed by atoms with E-state index < -0.39 is 11.8 Å². The maximum absolute atomic E-state index is 13.2. The summed E-state index contributed by atoms with van der Waals surface area (Å²) in [5.41, 5.74) is 0.860. The topological polar surface area (TPSA) is 12.4 Å². The van der Waals surface area contributed by atoms with Gasteiger partial charge in [0.15, 0.2) is 0 Å². The fourth-order valence-corrected chi connectivity index (χ4v) is 1.11. The lowest BCUT2D eigenvalue weighted by Gasteiger charge is -2.21. The molecule has 3 heteroatoms. The summed E-state index contributed by atoms with van der Waals surface area (Å²) in [7, 11) is 0. The Bertz CT molecular complexity index is 277. The molecule has 0 fully saturated rings. The molecule has 0 bridgehead atoms. The van der Waals surface area contributed by atoms with Crippen molar-refractivity contribution in [2.45, 2.75) is 19.8 Å². The highest BCUT2D eigenvalue weighted by molar-refractivity contribution is 5.35. The molecular formula is C11H15F2N. The summed E-state index contributed by atoms with van der Waals surface area (Å²) < 4.78 is 26.4. The van der Waals surface area contributed by atoms with E-state index in [0.29, 0.717) is 17.3 Å². The fourth-order valence-electron chi connectivity index (χ4n) is 1.11. The quantitative estimate of drug-likeness (QED) is 0.364. The Morgan fingerprint density at radius 3 is 2.21 bits per heavy atom. The van der Waals surface area contributed by atoms with Crippen molar-refractivity contribution in [2.24, 2.45) is 10.9 Å². The van der Waals surface area contributed by atoms with Gasteiger partial charge in [-0.25, -0.2) is 8.78 Å². The van der Waals surface area contributed by atoms with Crippen LogP contribution in [0.25, 0.3) is 0 Å². The van der Waals surface area contributed by atoms with Gasteiger partial charge in [0.25, 0.3) is 5.92 Å². The van der Waals surface area contributed by atoms with Crippen LogP contribution in [0.5, 0.6) is 0 Å². The van der Waals surface area contributed by atoms with E-state index in [2.05, 4.69) is 24.9 Å². The molecule has 0 rings (SSSR count). The van der Waals surface area contributed by atoms with Gasteiger partial charge in [-0.15, -0.1) is 0 Å². The number of aliphatic imine (C=N–C) groups is 1. The van der Waals surface area contributed by atoms with Crippen LogP contribution in [0.15, 0.2) is 41.6 Å². The van der Waals surface area contributed by atoms with Crippen LogP contribution in [-0.2, 0) is 0 Å². The van der Waals surface area contributed by atoms with Crippen molar-refractivity contribution in [3.05, 3.63) is 36.6 Å². The van der Waals surface area contributed by atoms with Crippen LogP contribution >= 0.6 is 0 Å². The zero-order valence-electron chi connectivity index (χ0n) is 8.56. The van der Waals surface area contributed by atoms with E-state index in [0.717, 1.165) is 0 Å². The number of alkyl halides is 2. The van der Waals surface area contributed by atoms with Crippen molar-refractivity contribution in [3.63, 3.8) is 0 Å². The Hall–Kier alpha value is -1.25. The fraction of sp³-hybridized carbons (Fsp3) is 0.364. The molecule has 1 nitrogen and oxygen atoms in total. The normalized spacial score (nSPS) is 15.4. The lowest BCUT2D eigenvalue weighted by atomic mass is 9.93. The minimum Gasteiger partial charge on any atom is -0.269 e. The van der Waals surface area contributed by atoms with E-state index in [-0.39, 0.29) is 0 Å². The van der Waals surface area contributed by atoms with Crippen molar-refractivity contribution in [3.8, 4) is 0 Å². The van der Waals surface area contributed by atoms with Crippen molar-refractivity contribution < 1.29 is 8.78 Å². The Labute approximate surface area is 83.5 Å². The van der Waals surface area contributed by atoms with Gasteiger partial charge in [0.2, 0.25) is 0 Å². The lowest BCUT2D eigenvalue weighted by Crippen LogP contribution is -2.24. The summed E-state index contributed by atoms with van der Waals surface area (Å²) in [5, 5.41) is 0. The van der Waals surface area contributed by atoms with Gasteiger partial charge in [-0.05, 0) is 25.3 Å². The van der Waals surface area contributed by atoms with Crippen LogP contribution in [0.2, 0.25) is 0 Å². The second-order valence-corrected chi connectivity index (χ2v) is 3.00. The number of hydrogen-bond acceptors (Lipinski definition) is 1. The molecule has 1 unspecified atom stereocenters. The Morgan fingerprint density at radius 1 is 1.43 bits per heavy atom. The number of nitrogens with zero attached hydrogens (tertiary/aromatic N) is 1. The van der Waals surface area contributed by atoms with E-state index in [1.165, 1.54) is 13.0 Å². The third-order valence-corrected chi connectivity index (χ3v) is 2.19. The standard InChI is InChI=1S/C11H15F2N/c1-6-10(9(4)14-5)8(3)11(12,13)7-2/h6-8H,1-2,5H2,3-4H3/b10-9+. The summed E-state index contributed by atoms with van der Waals surface area (Å²) in [6.45, 7) is 12.9. The predicted molar refractivity (Wildman–Crippen MR) is 56.8 cm³/mol. The van der Waals surface area contributed by atoms with E-state index in [1.807, 2.05) is 0 Å². The van der Waals surface area contributed by atoms with Gasteiger partial charge in [-0.2, -0.15) is 0 Å². The molecule has 1 atom stereocenters. The van der Waals surface area contributed by atoms with Crippen LogP contribution in [0.3, 0.4) is 0 Å². The number of hydrogen-bond donors (Lipinski definition) is 0. The zero-order chi connectivity index (χ0) is 11.4. The van der Waals surface area contributed by atoms with Gasteiger partial charge in [0.1, 0.15) is 0 Å². The van der Waals surface area contributed by atoms with E-state index >= 15 is 0 Å². The van der Waals surface area contributed by atoms with Crippen LogP contribution in [0.4, 0.5) is 8.78 Å². The third-order valence-electron chi connectivity index (χ3n) is 2.19. The molecule has 0 amide bonds. The molecule has 0 heterocycles. The minimum absolute atomic E-state index is 0.393. The molecule has 0 aliphatic carbocycles. The predicted octanol–water partition coefficient (Wildman–Crippen LogP) is 3.60. The first-order valence-corrected chi connectivity index (χ1v) is 4.22. The second kappa shape index (κ2) is 4.84. The molecule has 0 saturated heterocycles. The average Bonchev–Trinajstić information content (AvgIpc) is 2.18. The Morgan fingerprint density at radius 2 is 1.93 bits per heavy atom. The number of allylic oxidation sites excluding steroid dienone is 4. The highest BCUT2D eigenvalue weighted by atomic mass is 19.3. The van der Waals surface area contributed by atoms with E-state index in [9.17, 15) is 8.78 Å². The highest BCUT2D eigenvalue weighted by Gasteiger charge is 2.34. The molecule has 0 aromatic heterocycles. The summed E-state index contributed by atoms with van der Waals surface area (Å²) in [6.07, 6.45) is 2.02.